The predicted octanol–water partition coefficient (Wildman–Crippen LogP) is 3.11. The Balaban J connectivity index is 2.05. The molecule has 0 saturated carbocycles. The molecule has 0 heterocycles. The van der Waals surface area contributed by atoms with Crippen LogP contribution in [-0.4, -0.2) is 29.8 Å². The Labute approximate surface area is 139 Å². The molecule has 0 fully saturated rings. The van der Waals surface area contributed by atoms with Gasteiger partial charge in [-0.1, -0.05) is 54.6 Å². The summed E-state index contributed by atoms with van der Waals surface area (Å²) in [5, 5.41) is 9.29. The summed E-state index contributed by atoms with van der Waals surface area (Å²) in [5.41, 5.74) is 2.37. The summed E-state index contributed by atoms with van der Waals surface area (Å²) < 4.78 is 4.26. The Morgan fingerprint density at radius 3 is 2.12 bits per heavy atom. The third-order valence-electron chi connectivity index (χ3n) is 3.34. The molecular formula is C19H16O5. The predicted molar refractivity (Wildman–Crippen MR) is 88.6 cm³/mol. The van der Waals surface area contributed by atoms with Gasteiger partial charge in [0.1, 0.15) is 0 Å². The van der Waals surface area contributed by atoms with Crippen LogP contribution in [0.15, 0.2) is 66.4 Å². The molecule has 0 aliphatic carbocycles. The van der Waals surface area contributed by atoms with Gasteiger partial charge in [0, 0.05) is 11.6 Å². The highest BCUT2D eigenvalue weighted by molar-refractivity contribution is 6.12. The standard InChI is InChI=1S/C19H16O5/c1-24-19(23)18(22)12-16(20)11-17(21)15-9-7-14(8-10-15)13-5-3-2-4-6-13/h2-10,12,22H,11H2,1H3/b18-12-. The minimum Gasteiger partial charge on any atom is -0.502 e. The van der Waals surface area contributed by atoms with E-state index in [1.165, 1.54) is 0 Å². The molecule has 2 aromatic carbocycles. The zero-order chi connectivity index (χ0) is 17.5. The first-order chi connectivity index (χ1) is 11.5. The number of ether oxygens (including phenoxy) is 1. The van der Waals surface area contributed by atoms with Crippen molar-refractivity contribution in [2.24, 2.45) is 0 Å². The molecule has 0 aliphatic rings. The monoisotopic (exact) mass is 324 g/mol. The Kier molecular flexibility index (Phi) is 5.63. The second-order valence-electron chi connectivity index (χ2n) is 5.03. The van der Waals surface area contributed by atoms with E-state index in [1.54, 1.807) is 24.3 Å². The molecule has 0 radical (unpaired) electrons. The summed E-state index contributed by atoms with van der Waals surface area (Å²) in [4.78, 5) is 34.8. The highest BCUT2D eigenvalue weighted by Gasteiger charge is 2.14. The average Bonchev–Trinajstić information content (AvgIpc) is 2.61. The Morgan fingerprint density at radius 1 is 0.958 bits per heavy atom. The van der Waals surface area contributed by atoms with Gasteiger partial charge in [0.25, 0.3) is 0 Å². The third kappa shape index (κ3) is 4.39. The fourth-order valence-electron chi connectivity index (χ4n) is 2.11. The first-order valence-electron chi connectivity index (χ1n) is 7.21. The number of methoxy groups -OCH3 is 1. The fourth-order valence-corrected chi connectivity index (χ4v) is 2.11. The van der Waals surface area contributed by atoms with Gasteiger partial charge in [-0.15, -0.1) is 0 Å². The quantitative estimate of drug-likeness (QED) is 0.290. The van der Waals surface area contributed by atoms with Crippen LogP contribution >= 0.6 is 0 Å². The topological polar surface area (TPSA) is 80.7 Å². The zero-order valence-corrected chi connectivity index (χ0v) is 13.1. The van der Waals surface area contributed by atoms with Gasteiger partial charge in [-0.05, 0) is 11.1 Å². The van der Waals surface area contributed by atoms with Crippen LogP contribution in [0.1, 0.15) is 16.8 Å². The molecule has 0 spiro atoms. The lowest BCUT2D eigenvalue weighted by Gasteiger charge is -2.03. The van der Waals surface area contributed by atoms with Gasteiger partial charge in [0.2, 0.25) is 5.76 Å². The fraction of sp³-hybridized carbons (Fsp3) is 0.105. The normalized spacial score (nSPS) is 11.0. The summed E-state index contributed by atoms with van der Waals surface area (Å²) in [6.07, 6.45) is 0.258. The second kappa shape index (κ2) is 7.87. The molecule has 0 unspecified atom stereocenters. The lowest BCUT2D eigenvalue weighted by molar-refractivity contribution is -0.139. The van der Waals surface area contributed by atoms with Crippen LogP contribution in [0.2, 0.25) is 0 Å². The molecule has 2 rings (SSSR count). The molecule has 122 valence electrons. The number of esters is 1. The van der Waals surface area contributed by atoms with Crippen LogP contribution in [0, 0.1) is 0 Å². The number of carbonyl (C=O) groups excluding carboxylic acids is 3. The summed E-state index contributed by atoms with van der Waals surface area (Å²) in [6, 6.07) is 16.6. The van der Waals surface area contributed by atoms with Gasteiger partial charge >= 0.3 is 5.97 Å². The van der Waals surface area contributed by atoms with Crippen molar-refractivity contribution < 1.29 is 24.2 Å². The van der Waals surface area contributed by atoms with Crippen LogP contribution in [-0.2, 0) is 14.3 Å². The van der Waals surface area contributed by atoms with Crippen molar-refractivity contribution in [3.8, 4) is 11.1 Å². The summed E-state index contributed by atoms with van der Waals surface area (Å²) >= 11 is 0. The number of carbonyl (C=O) groups is 3. The number of ketones is 2. The highest BCUT2D eigenvalue weighted by Crippen LogP contribution is 2.19. The second-order valence-corrected chi connectivity index (χ2v) is 5.03. The van der Waals surface area contributed by atoms with E-state index in [9.17, 15) is 19.5 Å². The maximum atomic E-state index is 12.1. The summed E-state index contributed by atoms with van der Waals surface area (Å²) in [6.45, 7) is 0. The van der Waals surface area contributed by atoms with E-state index in [2.05, 4.69) is 4.74 Å². The Hall–Kier alpha value is -3.21. The molecule has 0 bridgehead atoms. The van der Waals surface area contributed by atoms with Crippen molar-refractivity contribution in [1.29, 1.82) is 0 Å². The number of benzene rings is 2. The van der Waals surface area contributed by atoms with Crippen LogP contribution in [0.3, 0.4) is 0 Å². The molecule has 5 nitrogen and oxygen atoms in total. The third-order valence-corrected chi connectivity index (χ3v) is 3.34. The van der Waals surface area contributed by atoms with Gasteiger partial charge in [-0.2, -0.15) is 0 Å². The summed E-state index contributed by atoms with van der Waals surface area (Å²) in [7, 11) is 1.08. The zero-order valence-electron chi connectivity index (χ0n) is 13.1. The lowest BCUT2D eigenvalue weighted by Crippen LogP contribution is -2.10. The van der Waals surface area contributed by atoms with Gasteiger partial charge in [0.15, 0.2) is 11.6 Å². The Morgan fingerprint density at radius 2 is 1.54 bits per heavy atom. The van der Waals surface area contributed by atoms with Gasteiger partial charge in [-0.25, -0.2) is 4.79 Å². The van der Waals surface area contributed by atoms with E-state index in [4.69, 9.17) is 0 Å². The largest absolute Gasteiger partial charge is 0.502 e. The van der Waals surface area contributed by atoms with Crippen molar-refractivity contribution in [1.82, 2.24) is 0 Å². The van der Waals surface area contributed by atoms with E-state index in [0.717, 1.165) is 18.2 Å². The van der Waals surface area contributed by atoms with Gasteiger partial charge in [0.05, 0.1) is 13.5 Å². The molecule has 0 amide bonds. The first kappa shape index (κ1) is 17.1. The molecule has 0 saturated heterocycles. The molecule has 0 atom stereocenters. The Bertz CT molecular complexity index is 773. The number of hydrogen-bond donors (Lipinski definition) is 1. The minimum absolute atomic E-state index is 0.383. The van der Waals surface area contributed by atoms with Crippen molar-refractivity contribution in [2.45, 2.75) is 6.42 Å². The number of aliphatic hydroxyl groups excluding tert-OH is 1. The number of hydrogen-bond acceptors (Lipinski definition) is 5. The molecular weight excluding hydrogens is 308 g/mol. The smallest absolute Gasteiger partial charge is 0.373 e. The van der Waals surface area contributed by atoms with Gasteiger partial charge in [-0.3, -0.25) is 9.59 Å². The van der Waals surface area contributed by atoms with Crippen LogP contribution in [0.4, 0.5) is 0 Å². The van der Waals surface area contributed by atoms with Crippen molar-refractivity contribution in [3.05, 3.63) is 72.0 Å². The maximum absolute atomic E-state index is 12.1. The van der Waals surface area contributed by atoms with Crippen LogP contribution < -0.4 is 0 Å². The van der Waals surface area contributed by atoms with E-state index in [-0.39, 0.29) is 0 Å². The van der Waals surface area contributed by atoms with Crippen molar-refractivity contribution in [3.63, 3.8) is 0 Å². The number of rotatable bonds is 6. The maximum Gasteiger partial charge on any atom is 0.373 e. The van der Waals surface area contributed by atoms with E-state index in [0.29, 0.717) is 11.6 Å². The number of Topliss-reactive ketones (excluding diaryl/α,β-unsaturated/α-hetero) is 1. The number of allylic oxidation sites excluding steroid dienone is 1. The molecule has 2 aromatic rings. The molecule has 1 N–H and O–H groups in total. The number of aliphatic hydroxyl groups is 1. The lowest BCUT2D eigenvalue weighted by atomic mass is 10.0. The first-order valence-corrected chi connectivity index (χ1v) is 7.21. The highest BCUT2D eigenvalue weighted by atomic mass is 16.5. The van der Waals surface area contributed by atoms with Crippen molar-refractivity contribution >= 4 is 17.5 Å². The molecule has 0 aliphatic heterocycles. The molecule has 5 heteroatoms. The minimum atomic E-state index is -1.02. The van der Waals surface area contributed by atoms with E-state index in [1.807, 2.05) is 30.3 Å². The average molecular weight is 324 g/mol. The molecule has 24 heavy (non-hydrogen) atoms. The van der Waals surface area contributed by atoms with Crippen molar-refractivity contribution in [2.75, 3.05) is 7.11 Å². The van der Waals surface area contributed by atoms with Crippen LogP contribution in [0.5, 0.6) is 0 Å². The van der Waals surface area contributed by atoms with E-state index < -0.39 is 29.7 Å². The van der Waals surface area contributed by atoms with Crippen LogP contribution in [0.25, 0.3) is 11.1 Å². The van der Waals surface area contributed by atoms with E-state index >= 15 is 0 Å². The van der Waals surface area contributed by atoms with Gasteiger partial charge < -0.3 is 9.84 Å². The molecule has 0 aromatic heterocycles. The summed E-state index contributed by atoms with van der Waals surface area (Å²) in [5.74, 6) is -2.92. The SMILES string of the molecule is COC(=O)/C(O)=C/C(=O)CC(=O)c1ccc(-c2ccccc2)cc1.